The first-order valence-corrected chi connectivity index (χ1v) is 12.8. The number of methoxy groups -OCH3 is 1. The van der Waals surface area contributed by atoms with Crippen LogP contribution in [0.3, 0.4) is 0 Å². The average Bonchev–Trinajstić information content (AvgIpc) is 3.45. The zero-order valence-corrected chi connectivity index (χ0v) is 21.2. The lowest BCUT2D eigenvalue weighted by Gasteiger charge is -2.20. The number of amides is 2. The van der Waals surface area contributed by atoms with Crippen LogP contribution in [-0.4, -0.2) is 60.1 Å². The predicted molar refractivity (Wildman–Crippen MR) is 138 cm³/mol. The van der Waals surface area contributed by atoms with Crippen LogP contribution in [0.5, 0.6) is 11.5 Å². The largest absolute Gasteiger partial charge is 0.495 e. The average molecular weight is 518 g/mol. The molecule has 0 unspecified atom stereocenters. The van der Waals surface area contributed by atoms with Gasteiger partial charge < -0.3 is 19.5 Å². The van der Waals surface area contributed by atoms with E-state index in [-0.39, 0.29) is 24.3 Å². The number of thioether (sulfide) groups is 1. The molecule has 0 aliphatic carbocycles. The van der Waals surface area contributed by atoms with Gasteiger partial charge in [-0.25, -0.2) is 4.99 Å². The molecule has 2 amide bonds. The Morgan fingerprint density at radius 1 is 1.29 bits per heavy atom. The van der Waals surface area contributed by atoms with Crippen molar-refractivity contribution in [3.05, 3.63) is 47.5 Å². The molecule has 2 aromatic rings. The Balaban J connectivity index is 1.51. The maximum absolute atomic E-state index is 13.3. The molecule has 0 radical (unpaired) electrons. The van der Waals surface area contributed by atoms with Crippen LogP contribution < -0.4 is 14.8 Å². The van der Waals surface area contributed by atoms with Gasteiger partial charge in [-0.1, -0.05) is 35.5 Å². The number of ether oxygens (including phenoxy) is 3. The van der Waals surface area contributed by atoms with Crippen molar-refractivity contribution in [3.8, 4) is 11.5 Å². The van der Waals surface area contributed by atoms with E-state index in [1.807, 2.05) is 31.2 Å². The van der Waals surface area contributed by atoms with E-state index in [0.717, 1.165) is 12.8 Å². The van der Waals surface area contributed by atoms with Crippen molar-refractivity contribution in [3.63, 3.8) is 0 Å². The van der Waals surface area contributed by atoms with Crippen molar-refractivity contribution in [1.29, 1.82) is 0 Å². The summed E-state index contributed by atoms with van der Waals surface area (Å²) in [4.78, 5) is 32.5. The number of halogens is 1. The number of rotatable bonds is 9. The minimum atomic E-state index is -0.594. The first-order chi connectivity index (χ1) is 17.0. The van der Waals surface area contributed by atoms with Crippen LogP contribution in [0.1, 0.15) is 26.2 Å². The smallest absolute Gasteiger partial charge is 0.242 e. The van der Waals surface area contributed by atoms with E-state index in [2.05, 4.69) is 5.32 Å². The third-order valence-corrected chi connectivity index (χ3v) is 7.09. The Kier molecular flexibility index (Phi) is 8.54. The number of carbonyl (C=O) groups is 2. The molecule has 2 heterocycles. The van der Waals surface area contributed by atoms with Gasteiger partial charge in [-0.2, -0.15) is 0 Å². The summed E-state index contributed by atoms with van der Waals surface area (Å²) in [5.74, 6) is 0.723. The Morgan fingerprint density at radius 2 is 2.11 bits per heavy atom. The second-order valence-corrected chi connectivity index (χ2v) is 9.66. The lowest BCUT2D eigenvalue weighted by molar-refractivity contribution is -0.129. The van der Waals surface area contributed by atoms with E-state index in [1.165, 1.54) is 18.9 Å². The Morgan fingerprint density at radius 3 is 2.83 bits per heavy atom. The molecule has 2 aromatic carbocycles. The van der Waals surface area contributed by atoms with Gasteiger partial charge in [0.05, 0.1) is 31.4 Å². The molecule has 186 valence electrons. The normalized spacial score (nSPS) is 20.9. The van der Waals surface area contributed by atoms with Gasteiger partial charge in [-0.05, 0) is 50.1 Å². The second-order valence-electron chi connectivity index (χ2n) is 8.09. The highest BCUT2D eigenvalue weighted by atomic mass is 35.5. The maximum Gasteiger partial charge on any atom is 0.242 e. The van der Waals surface area contributed by atoms with Gasteiger partial charge in [-0.15, -0.1) is 0 Å². The summed E-state index contributed by atoms with van der Waals surface area (Å²) in [5.41, 5.74) is 1.17. The van der Waals surface area contributed by atoms with Gasteiger partial charge in [0.1, 0.15) is 22.4 Å². The van der Waals surface area contributed by atoms with Crippen LogP contribution in [0, 0.1) is 0 Å². The van der Waals surface area contributed by atoms with Gasteiger partial charge in [0, 0.05) is 18.7 Å². The molecule has 2 saturated heterocycles. The van der Waals surface area contributed by atoms with E-state index in [0.29, 0.717) is 52.8 Å². The van der Waals surface area contributed by atoms with Crippen LogP contribution in [0.4, 0.5) is 11.4 Å². The predicted octanol–water partition coefficient (Wildman–Crippen LogP) is 4.89. The summed E-state index contributed by atoms with van der Waals surface area (Å²) >= 11 is 7.45. The van der Waals surface area contributed by atoms with Gasteiger partial charge in [0.15, 0.2) is 5.17 Å². The van der Waals surface area contributed by atoms with Crippen LogP contribution in [0.25, 0.3) is 0 Å². The van der Waals surface area contributed by atoms with Crippen molar-refractivity contribution in [1.82, 2.24) is 4.90 Å². The van der Waals surface area contributed by atoms with Crippen LogP contribution in [0.2, 0.25) is 5.02 Å². The van der Waals surface area contributed by atoms with E-state index >= 15 is 0 Å². The number of amidine groups is 1. The number of anilines is 1. The summed E-state index contributed by atoms with van der Waals surface area (Å²) in [5, 5.41) is 3.15. The molecule has 0 saturated carbocycles. The number of carbonyl (C=O) groups excluding carboxylic acids is 2. The SMILES string of the molecule is CCOc1ccccc1N=C1S[C@H](CC(=O)Nc2ccc(OC)c(Cl)c2)C(=O)N1C[C@@H]1CCCO1. The summed E-state index contributed by atoms with van der Waals surface area (Å²) in [6.07, 6.45) is 1.82. The number of para-hydroxylation sites is 2. The summed E-state index contributed by atoms with van der Waals surface area (Å²) < 4.78 is 16.6. The topological polar surface area (TPSA) is 89.5 Å². The minimum absolute atomic E-state index is 0.00129. The lowest BCUT2D eigenvalue weighted by Crippen LogP contribution is -2.38. The summed E-state index contributed by atoms with van der Waals surface area (Å²) in [6, 6.07) is 12.4. The number of nitrogens with zero attached hydrogens (tertiary/aromatic N) is 2. The molecular weight excluding hydrogens is 490 g/mol. The highest BCUT2D eigenvalue weighted by Crippen LogP contribution is 2.36. The Labute approximate surface area is 214 Å². The van der Waals surface area contributed by atoms with Gasteiger partial charge in [0.25, 0.3) is 0 Å². The fourth-order valence-electron chi connectivity index (χ4n) is 3.94. The number of aliphatic imine (C=N–C) groups is 1. The van der Waals surface area contributed by atoms with Crippen molar-refractivity contribution in [2.24, 2.45) is 4.99 Å². The van der Waals surface area contributed by atoms with Crippen molar-refractivity contribution >= 4 is 51.7 Å². The molecule has 2 atom stereocenters. The summed E-state index contributed by atoms with van der Waals surface area (Å²) in [7, 11) is 1.52. The number of nitrogens with one attached hydrogen (secondary N) is 1. The monoisotopic (exact) mass is 517 g/mol. The Bertz CT molecular complexity index is 1110. The van der Waals surface area contributed by atoms with E-state index in [4.69, 9.17) is 30.8 Å². The molecular formula is C25H28ClN3O5S. The molecule has 2 aliphatic heterocycles. The first-order valence-electron chi connectivity index (χ1n) is 11.5. The second kappa shape index (κ2) is 11.8. The zero-order chi connectivity index (χ0) is 24.8. The highest BCUT2D eigenvalue weighted by Gasteiger charge is 2.40. The molecule has 1 N–H and O–H groups in total. The lowest BCUT2D eigenvalue weighted by atomic mass is 10.2. The molecule has 0 aromatic heterocycles. The molecule has 8 nitrogen and oxygen atoms in total. The quantitative estimate of drug-likeness (QED) is 0.509. The first kappa shape index (κ1) is 25.3. The fourth-order valence-corrected chi connectivity index (χ4v) is 5.36. The van der Waals surface area contributed by atoms with E-state index in [9.17, 15) is 9.59 Å². The van der Waals surface area contributed by atoms with Crippen LogP contribution >= 0.6 is 23.4 Å². The van der Waals surface area contributed by atoms with Crippen LogP contribution in [-0.2, 0) is 14.3 Å². The third-order valence-electron chi connectivity index (χ3n) is 5.62. The molecule has 0 bridgehead atoms. The molecule has 2 aliphatic rings. The standard InChI is InChI=1S/C25H28ClN3O5S/c1-3-33-21-9-5-4-8-19(21)28-25-29(15-17-7-6-12-34-17)24(31)22(35-25)14-23(30)27-16-10-11-20(32-2)18(26)13-16/h4-5,8-11,13,17,22H,3,6-7,12,14-15H2,1-2H3,(H,27,30)/t17-,22+/m0/s1. The van der Waals surface area contributed by atoms with Gasteiger partial charge in [0.2, 0.25) is 11.8 Å². The number of benzene rings is 2. The maximum atomic E-state index is 13.3. The molecule has 35 heavy (non-hydrogen) atoms. The van der Waals surface area contributed by atoms with Crippen molar-refractivity contribution in [2.75, 3.05) is 32.2 Å². The molecule has 0 spiro atoms. The Hall–Kier alpha value is -2.75. The molecule has 2 fully saturated rings. The third kappa shape index (κ3) is 6.28. The molecule has 4 rings (SSSR count). The van der Waals surface area contributed by atoms with Gasteiger partial charge in [-0.3, -0.25) is 14.5 Å². The minimum Gasteiger partial charge on any atom is -0.495 e. The summed E-state index contributed by atoms with van der Waals surface area (Å²) in [6.45, 7) is 3.52. The zero-order valence-electron chi connectivity index (χ0n) is 19.7. The van der Waals surface area contributed by atoms with Crippen LogP contribution in [0.15, 0.2) is 47.5 Å². The van der Waals surface area contributed by atoms with Crippen molar-refractivity contribution < 1.29 is 23.8 Å². The highest BCUT2D eigenvalue weighted by molar-refractivity contribution is 8.15. The number of hydrogen-bond acceptors (Lipinski definition) is 7. The van der Waals surface area contributed by atoms with Gasteiger partial charge >= 0.3 is 0 Å². The van der Waals surface area contributed by atoms with Crippen molar-refractivity contribution in [2.45, 2.75) is 37.5 Å². The van der Waals surface area contributed by atoms with E-state index < -0.39 is 5.25 Å². The van der Waals surface area contributed by atoms with E-state index in [1.54, 1.807) is 23.1 Å². The molecule has 10 heteroatoms. The number of hydrogen-bond donors (Lipinski definition) is 1. The fraction of sp³-hybridized carbons (Fsp3) is 0.400.